The number of nitrogens with one attached hydrogen (secondary N) is 2. The summed E-state index contributed by atoms with van der Waals surface area (Å²) in [6.07, 6.45) is 5.05. The largest absolute Gasteiger partial charge is 0.359 e. The molecule has 0 amide bonds. The van der Waals surface area contributed by atoms with Crippen LogP contribution < -0.4 is 10.6 Å². The molecule has 1 fully saturated rings. The minimum Gasteiger partial charge on any atom is -0.359 e. The van der Waals surface area contributed by atoms with E-state index in [1.165, 1.54) is 25.7 Å². The highest BCUT2D eigenvalue weighted by molar-refractivity contribution is 7.80. The maximum absolute atomic E-state index is 8.87. The maximum atomic E-state index is 8.87. The summed E-state index contributed by atoms with van der Waals surface area (Å²) < 4.78 is 0. The molecule has 1 saturated carbocycles. The van der Waals surface area contributed by atoms with Crippen LogP contribution in [0.5, 0.6) is 0 Å². The Balaban J connectivity index is 1.91. The minimum atomic E-state index is 0.466. The highest BCUT2D eigenvalue weighted by atomic mass is 32.1. The van der Waals surface area contributed by atoms with E-state index >= 15 is 0 Å². The van der Waals surface area contributed by atoms with Gasteiger partial charge in [0.25, 0.3) is 0 Å². The maximum Gasteiger partial charge on any atom is 0.171 e. The fourth-order valence-corrected chi connectivity index (χ4v) is 2.80. The Morgan fingerprint density at radius 3 is 2.89 bits per heavy atom. The van der Waals surface area contributed by atoms with Gasteiger partial charge in [-0.1, -0.05) is 25.8 Å². The number of anilines is 1. The van der Waals surface area contributed by atoms with Gasteiger partial charge >= 0.3 is 0 Å². The van der Waals surface area contributed by atoms with Crippen molar-refractivity contribution in [2.24, 2.45) is 5.92 Å². The van der Waals surface area contributed by atoms with E-state index in [0.717, 1.165) is 5.69 Å². The predicted octanol–water partition coefficient (Wildman–Crippen LogP) is 3.42. The highest BCUT2D eigenvalue weighted by Gasteiger charge is 2.21. The van der Waals surface area contributed by atoms with Crippen LogP contribution >= 0.6 is 12.2 Å². The van der Waals surface area contributed by atoms with Crippen LogP contribution in [0.4, 0.5) is 5.69 Å². The molecule has 1 aromatic carbocycles. The molecule has 1 aliphatic carbocycles. The molecule has 1 aliphatic rings. The molecule has 0 saturated heterocycles. The van der Waals surface area contributed by atoms with Crippen molar-refractivity contribution in [1.29, 1.82) is 5.26 Å². The van der Waals surface area contributed by atoms with Gasteiger partial charge < -0.3 is 10.6 Å². The predicted molar refractivity (Wildman–Crippen MR) is 81.9 cm³/mol. The molecule has 2 N–H and O–H groups in total. The Bertz CT molecular complexity index is 492. The fraction of sp³-hybridized carbons (Fsp3) is 0.467. The van der Waals surface area contributed by atoms with Crippen LogP contribution in [0.3, 0.4) is 0 Å². The first-order valence-electron chi connectivity index (χ1n) is 6.76. The zero-order chi connectivity index (χ0) is 13.7. The number of nitrogens with zero attached hydrogens (tertiary/aromatic N) is 1. The molecule has 3 nitrogen and oxygen atoms in total. The van der Waals surface area contributed by atoms with E-state index in [4.69, 9.17) is 17.5 Å². The van der Waals surface area contributed by atoms with Crippen LogP contribution in [0.1, 0.15) is 38.2 Å². The second kappa shape index (κ2) is 6.53. The van der Waals surface area contributed by atoms with E-state index in [0.29, 0.717) is 22.6 Å². The summed E-state index contributed by atoms with van der Waals surface area (Å²) in [6, 6.07) is 9.95. The zero-order valence-electron chi connectivity index (χ0n) is 11.1. The number of nitriles is 1. The minimum absolute atomic E-state index is 0.466. The lowest BCUT2D eigenvalue weighted by atomic mass is 9.86. The van der Waals surface area contributed by atoms with Gasteiger partial charge in [-0.3, -0.25) is 0 Å². The van der Waals surface area contributed by atoms with E-state index in [9.17, 15) is 0 Å². The van der Waals surface area contributed by atoms with Crippen molar-refractivity contribution in [2.45, 2.75) is 38.6 Å². The van der Waals surface area contributed by atoms with Gasteiger partial charge in [0.2, 0.25) is 0 Å². The van der Waals surface area contributed by atoms with Crippen LogP contribution in [0.2, 0.25) is 0 Å². The van der Waals surface area contributed by atoms with Crippen LogP contribution in [-0.4, -0.2) is 11.2 Å². The molecule has 2 atom stereocenters. The topological polar surface area (TPSA) is 47.8 Å². The van der Waals surface area contributed by atoms with Gasteiger partial charge in [0.15, 0.2) is 5.11 Å². The van der Waals surface area contributed by atoms with Gasteiger partial charge in [0.05, 0.1) is 11.6 Å². The molecule has 0 unspecified atom stereocenters. The Morgan fingerprint density at radius 2 is 2.16 bits per heavy atom. The molecular weight excluding hydrogens is 254 g/mol. The van der Waals surface area contributed by atoms with Gasteiger partial charge in [-0.2, -0.15) is 5.26 Å². The standard InChI is InChI=1S/C15H19N3S/c1-11-5-2-3-8-14(11)18-15(19)17-13-7-4-6-12(9-13)10-16/h4,6-7,9,11,14H,2-3,5,8H2,1H3,(H2,17,18,19)/t11-,14-/m1/s1. The second-order valence-corrected chi connectivity index (χ2v) is 5.57. The molecule has 0 aliphatic heterocycles. The van der Waals surface area contributed by atoms with Crippen molar-refractivity contribution in [2.75, 3.05) is 5.32 Å². The third-order valence-electron chi connectivity index (χ3n) is 3.68. The highest BCUT2D eigenvalue weighted by Crippen LogP contribution is 2.23. The van der Waals surface area contributed by atoms with Crippen molar-refractivity contribution in [1.82, 2.24) is 5.32 Å². The molecule has 0 aromatic heterocycles. The molecule has 0 bridgehead atoms. The van der Waals surface area contributed by atoms with E-state index < -0.39 is 0 Å². The van der Waals surface area contributed by atoms with Gasteiger partial charge in [-0.15, -0.1) is 0 Å². The van der Waals surface area contributed by atoms with Gasteiger partial charge in [-0.05, 0) is 49.2 Å². The molecule has 0 heterocycles. The van der Waals surface area contributed by atoms with Gasteiger partial charge in [0.1, 0.15) is 0 Å². The van der Waals surface area contributed by atoms with E-state index in [1.807, 2.05) is 12.1 Å². The Morgan fingerprint density at radius 1 is 1.37 bits per heavy atom. The van der Waals surface area contributed by atoms with Crippen molar-refractivity contribution in [3.8, 4) is 6.07 Å². The smallest absolute Gasteiger partial charge is 0.171 e. The second-order valence-electron chi connectivity index (χ2n) is 5.16. The first-order valence-corrected chi connectivity index (χ1v) is 7.17. The summed E-state index contributed by atoms with van der Waals surface area (Å²) in [6.45, 7) is 2.27. The molecule has 0 radical (unpaired) electrons. The summed E-state index contributed by atoms with van der Waals surface area (Å²) in [5, 5.41) is 16.1. The molecule has 19 heavy (non-hydrogen) atoms. The summed E-state index contributed by atoms with van der Waals surface area (Å²) in [5.74, 6) is 0.666. The average Bonchev–Trinajstić information content (AvgIpc) is 2.41. The summed E-state index contributed by atoms with van der Waals surface area (Å²) in [7, 11) is 0. The summed E-state index contributed by atoms with van der Waals surface area (Å²) in [4.78, 5) is 0. The number of benzene rings is 1. The van der Waals surface area contributed by atoms with Crippen molar-refractivity contribution in [3.63, 3.8) is 0 Å². The van der Waals surface area contributed by atoms with Crippen molar-refractivity contribution < 1.29 is 0 Å². The van der Waals surface area contributed by atoms with Crippen LogP contribution in [0.25, 0.3) is 0 Å². The zero-order valence-corrected chi connectivity index (χ0v) is 12.0. The number of rotatable bonds is 2. The molecule has 0 spiro atoms. The first kappa shape index (κ1) is 13.8. The SMILES string of the molecule is C[C@@H]1CCCC[C@H]1NC(=S)Nc1cccc(C#N)c1. The number of hydrogen-bond acceptors (Lipinski definition) is 2. The van der Waals surface area contributed by atoms with E-state index in [2.05, 4.69) is 23.6 Å². The third-order valence-corrected chi connectivity index (χ3v) is 3.90. The van der Waals surface area contributed by atoms with E-state index in [1.54, 1.807) is 12.1 Å². The fourth-order valence-electron chi connectivity index (χ4n) is 2.53. The molecule has 2 rings (SSSR count). The monoisotopic (exact) mass is 273 g/mol. The van der Waals surface area contributed by atoms with E-state index in [-0.39, 0.29) is 0 Å². The number of thiocarbonyl (C=S) groups is 1. The lowest BCUT2D eigenvalue weighted by Gasteiger charge is -2.30. The summed E-state index contributed by atoms with van der Waals surface area (Å²) in [5.41, 5.74) is 1.50. The third kappa shape index (κ3) is 3.93. The Kier molecular flexibility index (Phi) is 4.75. The van der Waals surface area contributed by atoms with Crippen LogP contribution in [0, 0.1) is 17.2 Å². The summed E-state index contributed by atoms with van der Waals surface area (Å²) >= 11 is 5.34. The van der Waals surface area contributed by atoms with Crippen molar-refractivity contribution >= 4 is 23.0 Å². The quantitative estimate of drug-likeness (QED) is 0.811. The molecule has 4 heteroatoms. The lowest BCUT2D eigenvalue weighted by Crippen LogP contribution is -2.43. The molecule has 100 valence electrons. The normalized spacial score (nSPS) is 22.3. The Labute approximate surface area is 120 Å². The van der Waals surface area contributed by atoms with Crippen LogP contribution in [-0.2, 0) is 0 Å². The molecule has 1 aromatic rings. The first-order chi connectivity index (χ1) is 9.19. The van der Waals surface area contributed by atoms with Gasteiger partial charge in [-0.25, -0.2) is 0 Å². The molecular formula is C15H19N3S. The lowest BCUT2D eigenvalue weighted by molar-refractivity contribution is 0.309. The average molecular weight is 273 g/mol. The van der Waals surface area contributed by atoms with Crippen molar-refractivity contribution in [3.05, 3.63) is 29.8 Å². The van der Waals surface area contributed by atoms with Gasteiger partial charge in [0, 0.05) is 11.7 Å². The van der Waals surface area contributed by atoms with Crippen LogP contribution in [0.15, 0.2) is 24.3 Å². The Hall–Kier alpha value is -1.60. The number of hydrogen-bond donors (Lipinski definition) is 2.